The molecule has 0 amide bonds. The van der Waals surface area contributed by atoms with Gasteiger partial charge in [0.15, 0.2) is 0 Å². The number of rotatable bonds is 5. The van der Waals surface area contributed by atoms with Gasteiger partial charge in [-0.15, -0.1) is 0 Å². The second kappa shape index (κ2) is 5.07. The zero-order valence-corrected chi connectivity index (χ0v) is 8.88. The highest BCUT2D eigenvalue weighted by molar-refractivity contribution is 5.06. The lowest BCUT2D eigenvalue weighted by Crippen LogP contribution is -2.13. The summed E-state index contributed by atoms with van der Waals surface area (Å²) in [6.45, 7) is 6.64. The summed E-state index contributed by atoms with van der Waals surface area (Å²) < 4.78 is 2.34. The first-order valence-electron chi connectivity index (χ1n) is 5.06. The second-order valence-corrected chi connectivity index (χ2v) is 3.70. The van der Waals surface area contributed by atoms with Crippen molar-refractivity contribution in [3.63, 3.8) is 0 Å². The third-order valence-electron chi connectivity index (χ3n) is 2.49. The molecule has 1 aromatic heterocycles. The molecule has 0 radical (unpaired) electrons. The molecule has 0 fully saturated rings. The SMILES string of the molecule is CCC(C)Cn1cccc1CNC. The molecule has 1 unspecified atom stereocenters. The first-order chi connectivity index (χ1) is 6.27. The Balaban J connectivity index is 2.59. The number of aromatic nitrogens is 1. The Hall–Kier alpha value is -0.760. The van der Waals surface area contributed by atoms with Crippen molar-refractivity contribution in [2.75, 3.05) is 7.05 Å². The van der Waals surface area contributed by atoms with E-state index >= 15 is 0 Å². The molecular formula is C11H20N2. The van der Waals surface area contributed by atoms with Crippen LogP contribution < -0.4 is 5.32 Å². The monoisotopic (exact) mass is 180 g/mol. The van der Waals surface area contributed by atoms with Crippen molar-refractivity contribution in [2.45, 2.75) is 33.4 Å². The fraction of sp³-hybridized carbons (Fsp3) is 0.636. The molecule has 13 heavy (non-hydrogen) atoms. The van der Waals surface area contributed by atoms with E-state index in [1.54, 1.807) is 0 Å². The van der Waals surface area contributed by atoms with E-state index in [1.165, 1.54) is 12.1 Å². The molecule has 0 aliphatic carbocycles. The van der Waals surface area contributed by atoms with Gasteiger partial charge in [-0.25, -0.2) is 0 Å². The summed E-state index contributed by atoms with van der Waals surface area (Å²) in [4.78, 5) is 0. The number of nitrogens with one attached hydrogen (secondary N) is 1. The Kier molecular flexibility index (Phi) is 4.03. The summed E-state index contributed by atoms with van der Waals surface area (Å²) in [5.41, 5.74) is 1.38. The standard InChI is InChI=1S/C11H20N2/c1-4-10(2)9-13-7-5-6-11(13)8-12-3/h5-7,10,12H,4,8-9H2,1-3H3. The van der Waals surface area contributed by atoms with E-state index in [2.05, 4.69) is 42.1 Å². The van der Waals surface area contributed by atoms with Crippen molar-refractivity contribution in [3.8, 4) is 0 Å². The Morgan fingerprint density at radius 1 is 1.54 bits per heavy atom. The summed E-state index contributed by atoms with van der Waals surface area (Å²) in [7, 11) is 1.99. The van der Waals surface area contributed by atoms with Crippen LogP contribution in [-0.2, 0) is 13.1 Å². The van der Waals surface area contributed by atoms with Gasteiger partial charge in [0.2, 0.25) is 0 Å². The Bertz CT molecular complexity index is 240. The van der Waals surface area contributed by atoms with E-state index in [0.717, 1.165) is 19.0 Å². The molecule has 1 atom stereocenters. The smallest absolute Gasteiger partial charge is 0.0356 e. The van der Waals surface area contributed by atoms with Crippen molar-refractivity contribution in [1.82, 2.24) is 9.88 Å². The van der Waals surface area contributed by atoms with Crippen molar-refractivity contribution >= 4 is 0 Å². The average molecular weight is 180 g/mol. The fourth-order valence-electron chi connectivity index (χ4n) is 1.43. The summed E-state index contributed by atoms with van der Waals surface area (Å²) in [6, 6.07) is 4.30. The predicted octanol–water partition coefficient (Wildman–Crippen LogP) is 2.25. The van der Waals surface area contributed by atoms with E-state index in [-0.39, 0.29) is 0 Å². The van der Waals surface area contributed by atoms with Crippen LogP contribution in [0.15, 0.2) is 18.3 Å². The quantitative estimate of drug-likeness (QED) is 0.735. The van der Waals surface area contributed by atoms with E-state index in [4.69, 9.17) is 0 Å². The highest BCUT2D eigenvalue weighted by atomic mass is 15.0. The minimum atomic E-state index is 0.767. The molecule has 0 aromatic carbocycles. The van der Waals surface area contributed by atoms with Crippen LogP contribution in [0, 0.1) is 5.92 Å². The second-order valence-electron chi connectivity index (χ2n) is 3.70. The molecular weight excluding hydrogens is 160 g/mol. The van der Waals surface area contributed by atoms with Gasteiger partial charge in [0.05, 0.1) is 0 Å². The van der Waals surface area contributed by atoms with Crippen LogP contribution in [-0.4, -0.2) is 11.6 Å². The molecule has 0 saturated heterocycles. The van der Waals surface area contributed by atoms with E-state index in [1.807, 2.05) is 7.05 Å². The van der Waals surface area contributed by atoms with Gasteiger partial charge in [0.25, 0.3) is 0 Å². The fourth-order valence-corrected chi connectivity index (χ4v) is 1.43. The van der Waals surface area contributed by atoms with Crippen LogP contribution in [0.3, 0.4) is 0 Å². The van der Waals surface area contributed by atoms with Crippen LogP contribution in [0.25, 0.3) is 0 Å². The molecule has 0 aliphatic rings. The number of nitrogens with zero attached hydrogens (tertiary/aromatic N) is 1. The van der Waals surface area contributed by atoms with Crippen LogP contribution in [0.4, 0.5) is 0 Å². The normalized spacial score (nSPS) is 13.2. The van der Waals surface area contributed by atoms with Gasteiger partial charge in [-0.2, -0.15) is 0 Å². The van der Waals surface area contributed by atoms with Gasteiger partial charge in [0.1, 0.15) is 0 Å². The van der Waals surface area contributed by atoms with Crippen LogP contribution in [0.5, 0.6) is 0 Å². The van der Waals surface area contributed by atoms with E-state index < -0.39 is 0 Å². The van der Waals surface area contributed by atoms with Gasteiger partial charge in [-0.3, -0.25) is 0 Å². The Morgan fingerprint density at radius 2 is 2.31 bits per heavy atom. The lowest BCUT2D eigenvalue weighted by atomic mass is 10.1. The average Bonchev–Trinajstić information content (AvgIpc) is 2.54. The molecule has 1 heterocycles. The van der Waals surface area contributed by atoms with E-state index in [0.29, 0.717) is 0 Å². The summed E-state index contributed by atoms with van der Waals surface area (Å²) >= 11 is 0. The zero-order chi connectivity index (χ0) is 9.68. The molecule has 0 aliphatic heterocycles. The largest absolute Gasteiger partial charge is 0.350 e. The lowest BCUT2D eigenvalue weighted by molar-refractivity contribution is 0.458. The van der Waals surface area contributed by atoms with Crippen LogP contribution >= 0.6 is 0 Å². The molecule has 1 rings (SSSR count). The summed E-state index contributed by atoms with van der Waals surface area (Å²) in [6.07, 6.45) is 3.41. The first kappa shape index (κ1) is 10.3. The molecule has 1 aromatic rings. The number of hydrogen-bond donors (Lipinski definition) is 1. The van der Waals surface area contributed by atoms with Crippen molar-refractivity contribution < 1.29 is 0 Å². The van der Waals surface area contributed by atoms with Crippen molar-refractivity contribution in [1.29, 1.82) is 0 Å². The van der Waals surface area contributed by atoms with Gasteiger partial charge >= 0.3 is 0 Å². The van der Waals surface area contributed by atoms with E-state index in [9.17, 15) is 0 Å². The van der Waals surface area contributed by atoms with Crippen LogP contribution in [0.2, 0.25) is 0 Å². The molecule has 0 bridgehead atoms. The Labute approximate surface area is 81.0 Å². The van der Waals surface area contributed by atoms with Gasteiger partial charge in [0, 0.05) is 25.0 Å². The zero-order valence-electron chi connectivity index (χ0n) is 8.88. The first-order valence-corrected chi connectivity index (χ1v) is 5.06. The van der Waals surface area contributed by atoms with Crippen molar-refractivity contribution in [3.05, 3.63) is 24.0 Å². The third-order valence-corrected chi connectivity index (χ3v) is 2.49. The maximum atomic E-state index is 3.18. The molecule has 1 N–H and O–H groups in total. The summed E-state index contributed by atoms with van der Waals surface area (Å²) in [5, 5.41) is 3.18. The van der Waals surface area contributed by atoms with Gasteiger partial charge in [-0.05, 0) is 25.1 Å². The molecule has 0 saturated carbocycles. The highest BCUT2D eigenvalue weighted by Gasteiger charge is 2.03. The topological polar surface area (TPSA) is 17.0 Å². The maximum Gasteiger partial charge on any atom is 0.0356 e. The van der Waals surface area contributed by atoms with Gasteiger partial charge < -0.3 is 9.88 Å². The lowest BCUT2D eigenvalue weighted by Gasteiger charge is -2.13. The summed E-state index contributed by atoms with van der Waals surface area (Å²) in [5.74, 6) is 0.767. The minimum Gasteiger partial charge on any atom is -0.350 e. The van der Waals surface area contributed by atoms with Gasteiger partial charge in [-0.1, -0.05) is 20.3 Å². The highest BCUT2D eigenvalue weighted by Crippen LogP contribution is 2.09. The molecule has 2 nitrogen and oxygen atoms in total. The molecule has 0 spiro atoms. The van der Waals surface area contributed by atoms with Crippen LogP contribution in [0.1, 0.15) is 26.0 Å². The minimum absolute atomic E-state index is 0.767. The third kappa shape index (κ3) is 2.88. The maximum absolute atomic E-state index is 3.18. The number of hydrogen-bond acceptors (Lipinski definition) is 1. The molecule has 2 heteroatoms. The predicted molar refractivity (Wildman–Crippen MR) is 56.7 cm³/mol. The van der Waals surface area contributed by atoms with Crippen molar-refractivity contribution in [2.24, 2.45) is 5.92 Å². The Morgan fingerprint density at radius 3 is 2.92 bits per heavy atom. The molecule has 74 valence electrons.